The van der Waals surface area contributed by atoms with E-state index in [4.69, 9.17) is 18.0 Å². The van der Waals surface area contributed by atoms with E-state index in [1.54, 1.807) is 6.20 Å². The largest absolute Gasteiger partial charge is 0.389 e. The summed E-state index contributed by atoms with van der Waals surface area (Å²) < 4.78 is 0. The van der Waals surface area contributed by atoms with Gasteiger partial charge in [-0.3, -0.25) is 0 Å². The average molecular weight is 235 g/mol. The van der Waals surface area contributed by atoms with Gasteiger partial charge in [0.25, 0.3) is 0 Å². The van der Waals surface area contributed by atoms with Crippen LogP contribution in [0.25, 0.3) is 0 Å². The predicted molar refractivity (Wildman–Crippen MR) is 70.7 cm³/mol. The van der Waals surface area contributed by atoms with Gasteiger partial charge in [0.15, 0.2) is 0 Å². The van der Waals surface area contributed by atoms with Gasteiger partial charge in [-0.2, -0.15) is 0 Å². The van der Waals surface area contributed by atoms with Crippen molar-refractivity contribution in [3.05, 3.63) is 23.4 Å². The Balaban J connectivity index is 2.24. The first-order valence-corrected chi connectivity index (χ1v) is 6.02. The molecule has 4 heteroatoms. The Morgan fingerprint density at radius 3 is 2.88 bits per heavy atom. The molecule has 1 saturated carbocycles. The molecule has 0 bridgehead atoms. The standard InChI is InChI=1S/C12H17N3S/c1-7-5-6-14-12(10(7)11(13)16)15-8(2)9-3-4-9/h5-6,8-9H,3-4H2,1-2H3,(H2,13,16)(H,14,15). The number of hydrogen-bond donors (Lipinski definition) is 2. The smallest absolute Gasteiger partial charge is 0.136 e. The average Bonchev–Trinajstić information content (AvgIpc) is 2.99. The molecule has 0 saturated heterocycles. The molecule has 0 aromatic carbocycles. The van der Waals surface area contributed by atoms with Crippen molar-refractivity contribution in [2.45, 2.75) is 32.7 Å². The number of anilines is 1. The van der Waals surface area contributed by atoms with Gasteiger partial charge in [0, 0.05) is 12.2 Å². The molecule has 86 valence electrons. The van der Waals surface area contributed by atoms with Crippen LogP contribution in [0.4, 0.5) is 5.82 Å². The molecule has 0 amide bonds. The monoisotopic (exact) mass is 235 g/mol. The molecule has 2 rings (SSSR count). The van der Waals surface area contributed by atoms with Crippen LogP contribution in [-0.4, -0.2) is 16.0 Å². The molecule has 1 aliphatic carbocycles. The summed E-state index contributed by atoms with van der Waals surface area (Å²) in [5.41, 5.74) is 7.69. The maximum atomic E-state index is 5.73. The van der Waals surface area contributed by atoms with Crippen LogP contribution < -0.4 is 11.1 Å². The first-order valence-electron chi connectivity index (χ1n) is 5.61. The highest BCUT2D eigenvalue weighted by Crippen LogP contribution is 2.34. The van der Waals surface area contributed by atoms with E-state index in [2.05, 4.69) is 17.2 Å². The quantitative estimate of drug-likeness (QED) is 0.786. The zero-order chi connectivity index (χ0) is 11.7. The number of pyridine rings is 1. The van der Waals surface area contributed by atoms with Crippen molar-refractivity contribution in [1.82, 2.24) is 4.98 Å². The summed E-state index contributed by atoms with van der Waals surface area (Å²) in [6.07, 6.45) is 4.41. The van der Waals surface area contributed by atoms with Crippen LogP contribution in [0.5, 0.6) is 0 Å². The fourth-order valence-corrected chi connectivity index (χ4v) is 2.17. The highest BCUT2D eigenvalue weighted by Gasteiger charge is 2.28. The molecular formula is C12H17N3S. The van der Waals surface area contributed by atoms with E-state index < -0.39 is 0 Å². The molecule has 0 radical (unpaired) electrons. The first-order chi connectivity index (χ1) is 7.59. The second kappa shape index (κ2) is 4.37. The highest BCUT2D eigenvalue weighted by molar-refractivity contribution is 7.80. The van der Waals surface area contributed by atoms with Crippen molar-refractivity contribution in [3.8, 4) is 0 Å². The van der Waals surface area contributed by atoms with Crippen LogP contribution in [-0.2, 0) is 0 Å². The van der Waals surface area contributed by atoms with Gasteiger partial charge in [0.1, 0.15) is 10.8 Å². The minimum atomic E-state index is 0.413. The third kappa shape index (κ3) is 2.32. The molecule has 1 aromatic rings. The summed E-state index contributed by atoms with van der Waals surface area (Å²) in [7, 11) is 0. The maximum Gasteiger partial charge on any atom is 0.136 e. The zero-order valence-electron chi connectivity index (χ0n) is 9.66. The fraction of sp³-hybridized carbons (Fsp3) is 0.500. The Morgan fingerprint density at radius 1 is 1.62 bits per heavy atom. The van der Waals surface area contributed by atoms with Crippen molar-refractivity contribution in [2.24, 2.45) is 11.7 Å². The van der Waals surface area contributed by atoms with Gasteiger partial charge in [0.05, 0.1) is 5.56 Å². The molecule has 1 heterocycles. The molecular weight excluding hydrogens is 218 g/mol. The summed E-state index contributed by atoms with van der Waals surface area (Å²) in [4.78, 5) is 4.75. The number of aromatic nitrogens is 1. The number of nitrogens with zero attached hydrogens (tertiary/aromatic N) is 1. The summed E-state index contributed by atoms with van der Waals surface area (Å²) in [6, 6.07) is 2.38. The van der Waals surface area contributed by atoms with Gasteiger partial charge < -0.3 is 11.1 Å². The molecule has 1 aromatic heterocycles. The van der Waals surface area contributed by atoms with Crippen LogP contribution >= 0.6 is 12.2 Å². The normalized spacial score (nSPS) is 16.9. The van der Waals surface area contributed by atoms with Gasteiger partial charge in [-0.15, -0.1) is 0 Å². The Hall–Kier alpha value is -1.16. The Kier molecular flexibility index (Phi) is 3.10. The molecule has 1 unspecified atom stereocenters. The highest BCUT2D eigenvalue weighted by atomic mass is 32.1. The van der Waals surface area contributed by atoms with Crippen LogP contribution in [0.15, 0.2) is 12.3 Å². The van der Waals surface area contributed by atoms with E-state index in [0.717, 1.165) is 22.9 Å². The number of nitrogens with one attached hydrogen (secondary N) is 1. The Labute approximate surface area is 101 Å². The van der Waals surface area contributed by atoms with Gasteiger partial charge in [-0.05, 0) is 44.2 Å². The van der Waals surface area contributed by atoms with Crippen molar-refractivity contribution < 1.29 is 0 Å². The molecule has 0 spiro atoms. The lowest BCUT2D eigenvalue weighted by atomic mass is 10.1. The molecule has 3 N–H and O–H groups in total. The van der Waals surface area contributed by atoms with Crippen molar-refractivity contribution >= 4 is 23.0 Å². The number of aryl methyl sites for hydroxylation is 1. The predicted octanol–water partition coefficient (Wildman–Crippen LogP) is 2.23. The van der Waals surface area contributed by atoms with E-state index in [9.17, 15) is 0 Å². The third-order valence-electron chi connectivity index (χ3n) is 3.10. The van der Waals surface area contributed by atoms with Gasteiger partial charge in [-0.25, -0.2) is 4.98 Å². The molecule has 3 nitrogen and oxygen atoms in total. The molecule has 16 heavy (non-hydrogen) atoms. The summed E-state index contributed by atoms with van der Waals surface area (Å²) in [5, 5.41) is 3.42. The number of rotatable bonds is 4. The van der Waals surface area contributed by atoms with Gasteiger partial charge in [0.2, 0.25) is 0 Å². The maximum absolute atomic E-state index is 5.73. The lowest BCUT2D eigenvalue weighted by Gasteiger charge is -2.17. The molecule has 1 atom stereocenters. The van der Waals surface area contributed by atoms with Crippen LogP contribution in [0.2, 0.25) is 0 Å². The number of nitrogens with two attached hydrogens (primary N) is 1. The van der Waals surface area contributed by atoms with E-state index in [1.807, 2.05) is 13.0 Å². The van der Waals surface area contributed by atoms with E-state index in [1.165, 1.54) is 12.8 Å². The lowest BCUT2D eigenvalue weighted by molar-refractivity contribution is 0.690. The summed E-state index contributed by atoms with van der Waals surface area (Å²) in [5.74, 6) is 1.61. The van der Waals surface area contributed by atoms with E-state index in [-0.39, 0.29) is 0 Å². The fourth-order valence-electron chi connectivity index (χ4n) is 1.91. The number of hydrogen-bond acceptors (Lipinski definition) is 3. The lowest BCUT2D eigenvalue weighted by Crippen LogP contribution is -2.22. The molecule has 1 fully saturated rings. The second-order valence-electron chi connectivity index (χ2n) is 4.49. The van der Waals surface area contributed by atoms with E-state index >= 15 is 0 Å². The molecule has 1 aliphatic rings. The van der Waals surface area contributed by atoms with Gasteiger partial charge >= 0.3 is 0 Å². The summed E-state index contributed by atoms with van der Waals surface area (Å²) >= 11 is 5.07. The molecule has 0 aliphatic heterocycles. The van der Waals surface area contributed by atoms with E-state index in [0.29, 0.717) is 11.0 Å². The summed E-state index contributed by atoms with van der Waals surface area (Å²) in [6.45, 7) is 4.19. The second-order valence-corrected chi connectivity index (χ2v) is 4.93. The van der Waals surface area contributed by atoms with Crippen molar-refractivity contribution in [1.29, 1.82) is 0 Å². The zero-order valence-corrected chi connectivity index (χ0v) is 10.5. The van der Waals surface area contributed by atoms with Gasteiger partial charge in [-0.1, -0.05) is 12.2 Å². The Bertz CT molecular complexity index is 413. The minimum absolute atomic E-state index is 0.413. The van der Waals surface area contributed by atoms with Crippen LogP contribution in [0, 0.1) is 12.8 Å². The topological polar surface area (TPSA) is 50.9 Å². The SMILES string of the molecule is Cc1ccnc(NC(C)C2CC2)c1C(N)=S. The van der Waals surface area contributed by atoms with Crippen molar-refractivity contribution in [3.63, 3.8) is 0 Å². The Morgan fingerprint density at radius 2 is 2.31 bits per heavy atom. The van der Waals surface area contributed by atoms with Crippen LogP contribution in [0.1, 0.15) is 30.9 Å². The number of thiocarbonyl (C=S) groups is 1. The minimum Gasteiger partial charge on any atom is -0.389 e. The van der Waals surface area contributed by atoms with Crippen molar-refractivity contribution in [2.75, 3.05) is 5.32 Å². The first kappa shape index (κ1) is 11.3. The third-order valence-corrected chi connectivity index (χ3v) is 3.30. The van der Waals surface area contributed by atoms with Crippen LogP contribution in [0.3, 0.4) is 0 Å².